The number of hydrogen-bond donors (Lipinski definition) is 0. The van der Waals surface area contributed by atoms with Gasteiger partial charge in [-0.2, -0.15) is 0 Å². The van der Waals surface area contributed by atoms with Crippen LogP contribution in [0.2, 0.25) is 0 Å². The van der Waals surface area contributed by atoms with Crippen LogP contribution in [0.3, 0.4) is 0 Å². The van der Waals surface area contributed by atoms with Gasteiger partial charge in [0, 0.05) is 92.4 Å². The maximum absolute atomic E-state index is 2.62. The molecule has 0 bridgehead atoms. The van der Waals surface area contributed by atoms with E-state index in [9.17, 15) is 0 Å². The van der Waals surface area contributed by atoms with Crippen LogP contribution < -0.4 is 9.80 Å². The zero-order valence-electron chi connectivity index (χ0n) is 41.6. The fourth-order valence-corrected chi connectivity index (χ4v) is 20.6. The van der Waals surface area contributed by atoms with Crippen molar-refractivity contribution in [3.8, 4) is 0 Å². The number of fused-ring (bicyclic) bond motifs is 20. The van der Waals surface area contributed by atoms with Crippen LogP contribution in [0.4, 0.5) is 32.8 Å². The molecule has 2 spiro atoms. The van der Waals surface area contributed by atoms with Gasteiger partial charge in [-0.25, -0.2) is 0 Å². The Morgan fingerprint density at radius 1 is 0.244 bits per heavy atom. The smallest absolute Gasteiger partial charge is 0.101 e. The van der Waals surface area contributed by atoms with E-state index in [0.29, 0.717) is 0 Å². The molecular formula is C70H42N2S6. The van der Waals surface area contributed by atoms with E-state index >= 15 is 0 Å². The summed E-state index contributed by atoms with van der Waals surface area (Å²) in [6.07, 6.45) is 0. The number of nitrogens with zero attached hydrogens (tertiary/aromatic N) is 2. The van der Waals surface area contributed by atoms with E-state index in [2.05, 4.69) is 265 Å². The molecule has 0 radical (unpaired) electrons. The van der Waals surface area contributed by atoms with Gasteiger partial charge in [-0.3, -0.25) is 0 Å². The van der Waals surface area contributed by atoms with Gasteiger partial charge < -0.3 is 9.80 Å². The second-order valence-corrected chi connectivity index (χ2v) is 26.6. The van der Waals surface area contributed by atoms with Gasteiger partial charge in [0.05, 0.1) is 10.8 Å². The molecule has 0 fully saturated rings. The maximum atomic E-state index is 2.62. The zero-order valence-corrected chi connectivity index (χ0v) is 46.5. The number of anilines is 6. The summed E-state index contributed by atoms with van der Waals surface area (Å²) in [6, 6.07) is 96.5. The summed E-state index contributed by atoms with van der Waals surface area (Å²) in [5, 5.41) is 7.53. The van der Waals surface area contributed by atoms with E-state index in [4.69, 9.17) is 0 Å². The second-order valence-electron chi connectivity index (χ2n) is 20.2. The summed E-state index contributed by atoms with van der Waals surface area (Å²) in [6.45, 7) is 0. The Kier molecular flexibility index (Phi) is 10.1. The van der Waals surface area contributed by atoms with Crippen molar-refractivity contribution in [3.05, 3.63) is 298 Å². The molecule has 0 saturated heterocycles. The van der Waals surface area contributed by atoms with E-state index in [-0.39, 0.29) is 0 Å². The lowest BCUT2D eigenvalue weighted by Crippen LogP contribution is -2.45. The highest BCUT2D eigenvalue weighted by atomic mass is 32.2. The first-order valence-electron chi connectivity index (χ1n) is 26.2. The molecule has 6 heterocycles. The lowest BCUT2D eigenvalue weighted by molar-refractivity contribution is 0.609. The highest BCUT2D eigenvalue weighted by Gasteiger charge is 2.60. The Morgan fingerprint density at radius 2 is 0.577 bits per heavy atom. The van der Waals surface area contributed by atoms with Gasteiger partial charge in [-0.15, -0.1) is 45.3 Å². The lowest BCUT2D eigenvalue weighted by Gasteiger charge is -2.51. The molecule has 0 N–H and O–H groups in total. The minimum Gasteiger partial charge on any atom is -0.302 e. The van der Waals surface area contributed by atoms with E-state index in [1.54, 1.807) is 0 Å². The fourth-order valence-electron chi connectivity index (χ4n) is 13.1. The van der Waals surface area contributed by atoms with Gasteiger partial charge in [0.2, 0.25) is 0 Å². The average Bonchev–Trinajstić information content (AvgIpc) is 3.35. The molecule has 14 aromatic rings. The molecule has 4 aromatic heterocycles. The van der Waals surface area contributed by atoms with Gasteiger partial charge in [-0.1, -0.05) is 169 Å². The minimum atomic E-state index is -0.702. The molecule has 17 rings (SSSR count). The van der Waals surface area contributed by atoms with Crippen molar-refractivity contribution in [2.24, 2.45) is 0 Å². The summed E-state index contributed by atoms with van der Waals surface area (Å²) in [4.78, 5) is 12.9. The maximum Gasteiger partial charge on any atom is 0.101 e. The van der Waals surface area contributed by atoms with Gasteiger partial charge in [0.25, 0.3) is 0 Å². The standard InChI is InChI=1S/C70H42N2S6/c1-3-19-43(20-4-1)71(45-35-37-59-49(39-45)47-23-7-13-29-57(47)73-59)65-41-55-67(77-65)70(53-27-11-17-33-63(53)76-64-34-18-12-28-54(64)70)56-42-66(78-68(56)69(55)51-25-9-15-31-61(51)75-62-32-16-10-26-52(62)69)72(44-21-5-2-6-22-44)46-36-38-60-50(40-46)48-24-8-14-30-58(48)74-60/h1-42H. The highest BCUT2D eigenvalue weighted by molar-refractivity contribution is 7.99. The van der Waals surface area contributed by atoms with Crippen molar-refractivity contribution in [1.82, 2.24) is 0 Å². The van der Waals surface area contributed by atoms with Crippen molar-refractivity contribution in [1.29, 1.82) is 0 Å². The predicted molar refractivity (Wildman–Crippen MR) is 336 cm³/mol. The molecule has 1 aliphatic carbocycles. The monoisotopic (exact) mass is 1100 g/mol. The predicted octanol–water partition coefficient (Wildman–Crippen LogP) is 21.5. The largest absolute Gasteiger partial charge is 0.302 e. The molecule has 10 aromatic carbocycles. The number of rotatable bonds is 6. The van der Waals surface area contributed by atoms with E-state index < -0.39 is 10.8 Å². The SMILES string of the molecule is c1ccc(N(c2ccc3sc4ccccc4c3c2)c2cc3c(s2)C2(c4ccccc4Sc4ccccc42)c2cc(N(c4ccccc4)c4ccc5sc6ccccc6c5c4)sc2C32c3ccccc3Sc3ccccc32)cc1. The molecule has 0 unspecified atom stereocenters. The first kappa shape index (κ1) is 45.4. The number of thiophene rings is 4. The van der Waals surface area contributed by atoms with Gasteiger partial charge in [0.15, 0.2) is 0 Å². The van der Waals surface area contributed by atoms with Crippen molar-refractivity contribution < 1.29 is 0 Å². The molecule has 78 heavy (non-hydrogen) atoms. The van der Waals surface area contributed by atoms with Crippen LogP contribution in [-0.2, 0) is 10.8 Å². The molecule has 3 aliphatic rings. The Labute approximate surface area is 476 Å². The van der Waals surface area contributed by atoms with Crippen LogP contribution in [0.5, 0.6) is 0 Å². The first-order valence-corrected chi connectivity index (χ1v) is 31.1. The zero-order chi connectivity index (χ0) is 51.1. The summed E-state index contributed by atoms with van der Waals surface area (Å²) < 4.78 is 5.21. The Balaban J connectivity index is 1.02. The molecule has 0 atom stereocenters. The van der Waals surface area contributed by atoms with Crippen molar-refractivity contribution in [2.45, 2.75) is 30.4 Å². The van der Waals surface area contributed by atoms with Gasteiger partial charge >= 0.3 is 0 Å². The van der Waals surface area contributed by atoms with E-state index in [0.717, 1.165) is 22.7 Å². The molecule has 2 aliphatic heterocycles. The summed E-state index contributed by atoms with van der Waals surface area (Å²) in [5.74, 6) is 0. The summed E-state index contributed by atoms with van der Waals surface area (Å²) in [5.41, 5.74) is 11.1. The fraction of sp³-hybridized carbons (Fsp3) is 0.0286. The molecule has 0 saturated carbocycles. The number of para-hydroxylation sites is 2. The Morgan fingerprint density at radius 3 is 0.974 bits per heavy atom. The van der Waals surface area contributed by atoms with Crippen molar-refractivity contribution in [3.63, 3.8) is 0 Å². The molecule has 2 nitrogen and oxygen atoms in total. The van der Waals surface area contributed by atoms with Crippen LogP contribution in [0.25, 0.3) is 40.3 Å². The third-order valence-electron chi connectivity index (χ3n) is 16.2. The van der Waals surface area contributed by atoms with E-state index in [1.807, 2.05) is 68.9 Å². The third kappa shape index (κ3) is 6.38. The molecule has 368 valence electrons. The quantitative estimate of drug-likeness (QED) is 0.164. The van der Waals surface area contributed by atoms with Gasteiger partial charge in [0.1, 0.15) is 10.0 Å². The van der Waals surface area contributed by atoms with Crippen LogP contribution in [0, 0.1) is 0 Å². The molecule has 0 amide bonds. The average molecular weight is 1100 g/mol. The topological polar surface area (TPSA) is 6.48 Å². The first-order chi connectivity index (χ1) is 38.6. The van der Waals surface area contributed by atoms with Gasteiger partial charge in [-0.05, 0) is 143 Å². The number of hydrogen-bond acceptors (Lipinski definition) is 8. The Bertz CT molecular complexity index is 4300. The lowest BCUT2D eigenvalue weighted by atomic mass is 9.55. The normalized spacial score (nSPS) is 14.3. The van der Waals surface area contributed by atoms with Crippen LogP contribution in [0.1, 0.15) is 43.1 Å². The summed E-state index contributed by atoms with van der Waals surface area (Å²) >= 11 is 11.5. The highest BCUT2D eigenvalue weighted by Crippen LogP contribution is 2.71. The molecule has 8 heteroatoms. The second kappa shape index (κ2) is 17.4. The van der Waals surface area contributed by atoms with Crippen LogP contribution in [0.15, 0.2) is 274 Å². The molecular weight excluding hydrogens is 1060 g/mol. The van der Waals surface area contributed by atoms with Crippen molar-refractivity contribution in [2.75, 3.05) is 9.80 Å². The van der Waals surface area contributed by atoms with Crippen LogP contribution >= 0.6 is 68.9 Å². The van der Waals surface area contributed by atoms with Crippen LogP contribution in [-0.4, -0.2) is 0 Å². The Hall–Kier alpha value is -7.66. The number of benzene rings is 10. The van der Waals surface area contributed by atoms with E-state index in [1.165, 1.54) is 113 Å². The summed E-state index contributed by atoms with van der Waals surface area (Å²) in [7, 11) is 0. The third-order valence-corrected chi connectivity index (χ3v) is 23.3. The van der Waals surface area contributed by atoms with Crippen molar-refractivity contribution >= 4 is 142 Å². The minimum absolute atomic E-state index is 0.702.